The summed E-state index contributed by atoms with van der Waals surface area (Å²) in [7, 11) is 0. The van der Waals surface area contributed by atoms with Crippen molar-refractivity contribution in [3.8, 4) is 5.69 Å². The topological polar surface area (TPSA) is 29.9 Å². The minimum atomic E-state index is -4.40. The number of rotatable bonds is 5. The van der Waals surface area contributed by atoms with E-state index in [4.69, 9.17) is 0 Å². The van der Waals surface area contributed by atoms with Gasteiger partial charge in [-0.2, -0.15) is 18.3 Å². The average Bonchev–Trinajstić information content (AvgIpc) is 3.18. The zero-order chi connectivity index (χ0) is 22.2. The van der Waals surface area contributed by atoms with Crippen LogP contribution in [0.5, 0.6) is 0 Å². The molecule has 0 aliphatic rings. The molecule has 158 valence electrons. The van der Waals surface area contributed by atoms with E-state index >= 15 is 0 Å². The maximum Gasteiger partial charge on any atom is 0.416 e. The highest BCUT2D eigenvalue weighted by Gasteiger charge is 2.30. The fourth-order valence-corrected chi connectivity index (χ4v) is 3.51. The predicted octanol–water partition coefficient (Wildman–Crippen LogP) is 6.50. The first kappa shape index (κ1) is 20.7. The third-order valence-corrected chi connectivity index (χ3v) is 5.11. The third kappa shape index (κ3) is 4.17. The molecule has 1 atom stereocenters. The molecule has 0 saturated heterocycles. The first-order valence-corrected chi connectivity index (χ1v) is 9.60. The van der Waals surface area contributed by atoms with Gasteiger partial charge in [-0.1, -0.05) is 30.8 Å². The van der Waals surface area contributed by atoms with Crippen LogP contribution in [-0.2, 0) is 6.18 Å². The number of fused-ring (bicyclic) bond motifs is 1. The second-order valence-corrected chi connectivity index (χ2v) is 7.24. The van der Waals surface area contributed by atoms with Gasteiger partial charge < -0.3 is 5.32 Å². The number of nitrogens with zero attached hydrogens (tertiary/aromatic N) is 2. The standard InChI is InChI=1S/C24H19F4N3/c1-15(17-5-3-6-18(13-17)24(26,27)28)30-16(2)21-7-4-8-23-22(21)14-29-31(23)20-11-9-19(25)10-12-20/h3-15,30H,2H2,1H3/t15-/m1/s1. The lowest BCUT2D eigenvalue weighted by atomic mass is 10.0. The molecule has 31 heavy (non-hydrogen) atoms. The summed E-state index contributed by atoms with van der Waals surface area (Å²) >= 11 is 0. The molecular weight excluding hydrogens is 406 g/mol. The predicted molar refractivity (Wildman–Crippen MR) is 113 cm³/mol. The zero-order valence-corrected chi connectivity index (χ0v) is 16.6. The lowest BCUT2D eigenvalue weighted by Crippen LogP contribution is -2.17. The molecule has 0 saturated carbocycles. The fourth-order valence-electron chi connectivity index (χ4n) is 3.51. The number of hydrogen-bond acceptors (Lipinski definition) is 2. The van der Waals surface area contributed by atoms with Gasteiger partial charge in [0.15, 0.2) is 0 Å². The molecular formula is C24H19F4N3. The molecule has 0 radical (unpaired) electrons. The molecule has 7 heteroatoms. The van der Waals surface area contributed by atoms with Crippen LogP contribution in [0, 0.1) is 5.82 Å². The number of alkyl halides is 3. The average molecular weight is 425 g/mol. The van der Waals surface area contributed by atoms with Gasteiger partial charge >= 0.3 is 6.18 Å². The summed E-state index contributed by atoms with van der Waals surface area (Å²) in [6.07, 6.45) is -2.71. The highest BCUT2D eigenvalue weighted by molar-refractivity contribution is 5.91. The minimum absolute atomic E-state index is 0.331. The molecule has 0 amide bonds. The van der Waals surface area contributed by atoms with E-state index < -0.39 is 17.8 Å². The Morgan fingerprint density at radius 3 is 2.45 bits per heavy atom. The van der Waals surface area contributed by atoms with E-state index in [9.17, 15) is 17.6 Å². The number of aromatic nitrogens is 2. The first-order valence-electron chi connectivity index (χ1n) is 9.60. The van der Waals surface area contributed by atoms with Crippen LogP contribution in [0.4, 0.5) is 17.6 Å². The Balaban J connectivity index is 1.62. The molecule has 1 aromatic heterocycles. The van der Waals surface area contributed by atoms with Gasteiger partial charge in [0, 0.05) is 22.7 Å². The first-order chi connectivity index (χ1) is 14.7. The van der Waals surface area contributed by atoms with Crippen molar-refractivity contribution in [3.05, 3.63) is 102 Å². The van der Waals surface area contributed by atoms with Crippen LogP contribution in [-0.4, -0.2) is 9.78 Å². The van der Waals surface area contributed by atoms with E-state index in [1.165, 1.54) is 18.2 Å². The van der Waals surface area contributed by atoms with Gasteiger partial charge in [-0.25, -0.2) is 9.07 Å². The van der Waals surface area contributed by atoms with Crippen molar-refractivity contribution in [2.24, 2.45) is 0 Å². The van der Waals surface area contributed by atoms with Crippen molar-refractivity contribution in [3.63, 3.8) is 0 Å². The fraction of sp³-hybridized carbons (Fsp3) is 0.125. The van der Waals surface area contributed by atoms with Crippen molar-refractivity contribution in [1.82, 2.24) is 15.1 Å². The van der Waals surface area contributed by atoms with Crippen molar-refractivity contribution in [2.45, 2.75) is 19.1 Å². The molecule has 4 rings (SSSR count). The molecule has 0 spiro atoms. The summed E-state index contributed by atoms with van der Waals surface area (Å²) in [6, 6.07) is 16.4. The quantitative estimate of drug-likeness (QED) is 0.370. The van der Waals surface area contributed by atoms with Gasteiger partial charge in [0.2, 0.25) is 0 Å². The van der Waals surface area contributed by atoms with Crippen molar-refractivity contribution >= 4 is 16.6 Å². The number of benzene rings is 3. The Morgan fingerprint density at radius 1 is 1.03 bits per heavy atom. The second-order valence-electron chi connectivity index (χ2n) is 7.24. The van der Waals surface area contributed by atoms with Crippen LogP contribution in [0.15, 0.2) is 79.5 Å². The van der Waals surface area contributed by atoms with E-state index in [1.807, 2.05) is 18.2 Å². The van der Waals surface area contributed by atoms with E-state index in [1.54, 1.807) is 36.0 Å². The maximum absolute atomic E-state index is 13.3. The highest BCUT2D eigenvalue weighted by Crippen LogP contribution is 2.32. The van der Waals surface area contributed by atoms with Crippen molar-refractivity contribution in [2.75, 3.05) is 0 Å². The Labute approximate surface area is 176 Å². The van der Waals surface area contributed by atoms with Gasteiger partial charge in [-0.05, 0) is 55.0 Å². The monoisotopic (exact) mass is 425 g/mol. The van der Waals surface area contributed by atoms with Gasteiger partial charge in [-0.3, -0.25) is 0 Å². The Hall–Kier alpha value is -3.61. The lowest BCUT2D eigenvalue weighted by Gasteiger charge is -2.19. The zero-order valence-electron chi connectivity index (χ0n) is 16.6. The highest BCUT2D eigenvalue weighted by atomic mass is 19.4. The molecule has 1 heterocycles. The molecule has 3 nitrogen and oxygen atoms in total. The molecule has 1 N–H and O–H groups in total. The summed E-state index contributed by atoms with van der Waals surface area (Å²) in [5.41, 5.74) is 2.68. The molecule has 0 unspecified atom stereocenters. The van der Waals surface area contributed by atoms with Gasteiger partial charge in [-0.15, -0.1) is 0 Å². The Kier molecular flexibility index (Phi) is 5.27. The normalized spacial score (nSPS) is 12.7. The van der Waals surface area contributed by atoms with Crippen LogP contribution in [0.2, 0.25) is 0 Å². The molecule has 0 aliphatic heterocycles. The number of hydrogen-bond donors (Lipinski definition) is 1. The maximum atomic E-state index is 13.3. The number of nitrogens with one attached hydrogen (secondary N) is 1. The van der Waals surface area contributed by atoms with E-state index in [0.717, 1.165) is 28.6 Å². The summed E-state index contributed by atoms with van der Waals surface area (Å²) in [6.45, 7) is 5.87. The van der Waals surface area contributed by atoms with Crippen molar-refractivity contribution in [1.29, 1.82) is 0 Å². The molecule has 0 fully saturated rings. The summed E-state index contributed by atoms with van der Waals surface area (Å²) in [5.74, 6) is -0.331. The van der Waals surface area contributed by atoms with E-state index in [0.29, 0.717) is 16.9 Å². The Bertz CT molecular complexity index is 1240. The van der Waals surface area contributed by atoms with E-state index in [2.05, 4.69) is 17.0 Å². The van der Waals surface area contributed by atoms with Crippen molar-refractivity contribution < 1.29 is 17.6 Å². The van der Waals surface area contributed by atoms with Crippen LogP contribution in [0.3, 0.4) is 0 Å². The number of halogens is 4. The third-order valence-electron chi connectivity index (χ3n) is 5.11. The van der Waals surface area contributed by atoms with Gasteiger partial charge in [0.1, 0.15) is 5.82 Å². The Morgan fingerprint density at radius 2 is 1.74 bits per heavy atom. The molecule has 0 aliphatic carbocycles. The summed E-state index contributed by atoms with van der Waals surface area (Å²) < 4.78 is 54.0. The second kappa shape index (κ2) is 7.91. The molecule has 0 bridgehead atoms. The minimum Gasteiger partial charge on any atom is -0.378 e. The van der Waals surface area contributed by atoms with Gasteiger partial charge in [0.25, 0.3) is 0 Å². The van der Waals surface area contributed by atoms with Crippen LogP contribution < -0.4 is 5.32 Å². The molecule has 4 aromatic rings. The molecule has 3 aromatic carbocycles. The lowest BCUT2D eigenvalue weighted by molar-refractivity contribution is -0.137. The van der Waals surface area contributed by atoms with Crippen LogP contribution >= 0.6 is 0 Å². The van der Waals surface area contributed by atoms with Gasteiger partial charge in [0.05, 0.1) is 23.0 Å². The van der Waals surface area contributed by atoms with Crippen LogP contribution in [0.25, 0.3) is 22.3 Å². The largest absolute Gasteiger partial charge is 0.416 e. The van der Waals surface area contributed by atoms with E-state index in [-0.39, 0.29) is 5.82 Å². The SMILES string of the molecule is C=C(N[C@H](C)c1cccc(C(F)(F)F)c1)c1cccc2c1cnn2-c1ccc(F)cc1. The smallest absolute Gasteiger partial charge is 0.378 e. The summed E-state index contributed by atoms with van der Waals surface area (Å²) in [4.78, 5) is 0. The summed E-state index contributed by atoms with van der Waals surface area (Å²) in [5, 5.41) is 8.43. The van der Waals surface area contributed by atoms with Crippen LogP contribution in [0.1, 0.15) is 29.7 Å².